The van der Waals surface area contributed by atoms with Gasteiger partial charge in [-0.15, -0.1) is 12.4 Å². The minimum absolute atomic E-state index is 0. The number of hydrogen-bond acceptors (Lipinski definition) is 1. The van der Waals surface area contributed by atoms with Crippen molar-refractivity contribution < 1.29 is 2.81 Å². The molecule has 0 saturated carbocycles. The Labute approximate surface area is 90.6 Å². The van der Waals surface area contributed by atoms with Crippen molar-refractivity contribution in [3.05, 3.63) is 0 Å². The van der Waals surface area contributed by atoms with Gasteiger partial charge in [-0.1, -0.05) is 0 Å². The molecule has 0 heterocycles. The molecule has 1 nitrogen and oxygen atoms in total. The molecule has 35 valence electrons. The van der Waals surface area contributed by atoms with Gasteiger partial charge in [0.25, 0.3) is 0 Å². The van der Waals surface area contributed by atoms with Gasteiger partial charge in [-0.25, -0.2) is 0 Å². The van der Waals surface area contributed by atoms with E-state index < -0.39 is 0 Å². The fourth-order valence-electron chi connectivity index (χ4n) is 0. The van der Waals surface area contributed by atoms with E-state index in [2.05, 4.69) is 0 Å². The molecule has 0 spiro atoms. The van der Waals surface area contributed by atoms with Gasteiger partial charge in [0.1, 0.15) is 0 Å². The Hall–Kier alpha value is 2.74. The summed E-state index contributed by atoms with van der Waals surface area (Å²) < 4.78 is 8.36. The third kappa shape index (κ3) is 20.2. The number of halogens is 1. The van der Waals surface area contributed by atoms with E-state index in [1.54, 1.807) is 0 Å². The molecule has 0 atom stereocenters. The van der Waals surface area contributed by atoms with Crippen LogP contribution in [0.15, 0.2) is 0 Å². The summed E-state index contributed by atoms with van der Waals surface area (Å²) in [5, 5.41) is 0. The van der Waals surface area contributed by atoms with Gasteiger partial charge in [0, 0.05) is 0 Å². The van der Waals surface area contributed by atoms with Crippen molar-refractivity contribution in [3.63, 3.8) is 0 Å². The van der Waals surface area contributed by atoms with Crippen molar-refractivity contribution in [2.45, 2.75) is 0 Å². The Morgan fingerprint density at radius 3 is 1.00 bits per heavy atom. The molecule has 0 N–H and O–H groups in total. The molecule has 0 aliphatic carbocycles. The van der Waals surface area contributed by atoms with Crippen molar-refractivity contribution in [2.75, 3.05) is 0 Å². The van der Waals surface area contributed by atoms with Gasteiger partial charge in [-0.2, -0.15) is 0 Å². The van der Waals surface area contributed by atoms with Gasteiger partial charge in [0.05, 0.1) is 0 Å². The zero-order valence-electron chi connectivity index (χ0n) is 2.68. The van der Waals surface area contributed by atoms with Crippen LogP contribution in [0.3, 0.4) is 0 Å². The molecule has 5 heavy (non-hydrogen) atoms. The van der Waals surface area contributed by atoms with Crippen molar-refractivity contribution in [1.82, 2.24) is 0 Å². The Morgan fingerprint density at radius 2 is 1.00 bits per heavy atom. The molecule has 0 unspecified atom stereocenters. The Kier molecular flexibility index (Phi) is 149. The molecule has 5 heteroatoms. The Morgan fingerprint density at radius 1 is 1.00 bits per heavy atom. The van der Waals surface area contributed by atoms with E-state index in [9.17, 15) is 0 Å². The Balaban J connectivity index is -0.00000000167. The second-order valence-electron chi connectivity index (χ2n) is 0. The van der Waals surface area contributed by atoms with Gasteiger partial charge >= 0.3 is 79.9 Å². The monoisotopic (exact) mass is 685 g/mol. The van der Waals surface area contributed by atoms with Crippen LogP contribution in [0.4, 0.5) is 0 Å². The SMILES string of the molecule is Cl.[BiH3].[BiH3].[O]=[Bi]. The third-order valence-electron chi connectivity index (χ3n) is 0. The maximum atomic E-state index is 8.36. The topological polar surface area (TPSA) is 17.1 Å². The van der Waals surface area contributed by atoms with E-state index in [-0.39, 0.29) is 89.5 Å². The van der Waals surface area contributed by atoms with Crippen LogP contribution in [0.2, 0.25) is 0 Å². The average molecular weight is 685 g/mol. The molecular weight excluding hydrogens is 678 g/mol. The molecule has 0 aromatic heterocycles. The molecule has 0 aliphatic heterocycles. The molecule has 0 aliphatic rings. The first-order valence-electron chi connectivity index (χ1n) is 0.183. The van der Waals surface area contributed by atoms with Crippen LogP contribution in [-0.4, -0.2) is 77.1 Å². The molecule has 0 amide bonds. The Bertz CT molecular complexity index is 6.85. The van der Waals surface area contributed by atoms with Gasteiger partial charge in [0.2, 0.25) is 0 Å². The first-order valence-corrected chi connectivity index (χ1v) is 1.60. The zero-order valence-corrected chi connectivity index (χ0v) is 18.0. The van der Waals surface area contributed by atoms with Crippen molar-refractivity contribution in [3.8, 4) is 0 Å². The van der Waals surface area contributed by atoms with E-state index in [0.717, 1.165) is 0 Å². The second kappa shape index (κ2) is 29.6. The molecule has 0 aromatic carbocycles. The van der Waals surface area contributed by atoms with E-state index in [1.807, 2.05) is 0 Å². The minimum atomic E-state index is 0. The van der Waals surface area contributed by atoms with Gasteiger partial charge in [-0.05, 0) is 0 Å². The normalized spacial score (nSPS) is 0.800. The van der Waals surface area contributed by atoms with E-state index in [4.69, 9.17) is 2.81 Å². The molecule has 0 rings (SSSR count). The van der Waals surface area contributed by atoms with Crippen LogP contribution in [-0.2, 0) is 2.81 Å². The van der Waals surface area contributed by atoms with E-state index in [1.165, 1.54) is 0 Å². The maximum absolute atomic E-state index is 8.36. The number of hydrogen-bond donors (Lipinski definition) is 0. The van der Waals surface area contributed by atoms with Crippen LogP contribution in [0.25, 0.3) is 0 Å². The van der Waals surface area contributed by atoms with Crippen LogP contribution < -0.4 is 0 Å². The van der Waals surface area contributed by atoms with Crippen molar-refractivity contribution >= 4 is 89.5 Å². The summed E-state index contributed by atoms with van der Waals surface area (Å²) in [6.45, 7) is 0. The van der Waals surface area contributed by atoms with Crippen molar-refractivity contribution in [1.29, 1.82) is 0 Å². The fourth-order valence-corrected chi connectivity index (χ4v) is 0. The number of rotatable bonds is 0. The summed E-state index contributed by atoms with van der Waals surface area (Å²) >= 11 is 0.194. The zero-order chi connectivity index (χ0) is 2.00. The fraction of sp³-hybridized carbons (Fsp3) is 0. The molecule has 0 bridgehead atoms. The van der Waals surface area contributed by atoms with Crippen molar-refractivity contribution in [2.24, 2.45) is 0 Å². The first-order chi connectivity index (χ1) is 1.00. The molecule has 0 fully saturated rings. The summed E-state index contributed by atoms with van der Waals surface area (Å²) in [4.78, 5) is 0. The molecule has 1 radical (unpaired) electrons. The molecule has 0 aromatic rings. The van der Waals surface area contributed by atoms with E-state index in [0.29, 0.717) is 0 Å². The predicted molar refractivity (Wildman–Crippen MR) is 33.6 cm³/mol. The standard InChI is InChI=1S/3Bi.ClH.O.6H/h;;;1H;;;;;;;. The average Bonchev–Trinajstić information content (AvgIpc) is 1.00. The van der Waals surface area contributed by atoms with E-state index >= 15 is 0 Å². The van der Waals surface area contributed by atoms with Gasteiger partial charge in [-0.3, -0.25) is 0 Å². The van der Waals surface area contributed by atoms with Crippen LogP contribution >= 0.6 is 12.4 Å². The van der Waals surface area contributed by atoms with Gasteiger partial charge < -0.3 is 0 Å². The molecule has 0 saturated heterocycles. The summed E-state index contributed by atoms with van der Waals surface area (Å²) in [7, 11) is 0. The van der Waals surface area contributed by atoms with Crippen LogP contribution in [0.5, 0.6) is 0 Å². The van der Waals surface area contributed by atoms with Crippen LogP contribution in [0, 0.1) is 0 Å². The third-order valence-corrected chi connectivity index (χ3v) is 0. The quantitative estimate of drug-likeness (QED) is 0.260. The van der Waals surface area contributed by atoms with Gasteiger partial charge in [0.15, 0.2) is 0 Å². The summed E-state index contributed by atoms with van der Waals surface area (Å²) in [6, 6.07) is 0. The summed E-state index contributed by atoms with van der Waals surface area (Å²) in [5.74, 6) is 0. The first kappa shape index (κ1) is 25.1. The predicted octanol–water partition coefficient (Wildman–Crippen LogP) is -2.45. The second-order valence-corrected chi connectivity index (χ2v) is 0. The summed E-state index contributed by atoms with van der Waals surface area (Å²) in [5.41, 5.74) is 0. The van der Waals surface area contributed by atoms with Crippen LogP contribution in [0.1, 0.15) is 0 Å². The molecular formula is H7Bi3ClO. The summed E-state index contributed by atoms with van der Waals surface area (Å²) in [6.07, 6.45) is 0.